The fraction of sp³-hybridized carbons (Fsp3) is 0.571. The van der Waals surface area contributed by atoms with Crippen molar-refractivity contribution in [3.63, 3.8) is 0 Å². The van der Waals surface area contributed by atoms with Gasteiger partial charge in [0.05, 0.1) is 12.1 Å². The number of ether oxygens (including phenoxy) is 2. The maximum absolute atomic E-state index is 13.9. The number of hydrogen-bond donors (Lipinski definition) is 0. The summed E-state index contributed by atoms with van der Waals surface area (Å²) >= 11 is 0. The van der Waals surface area contributed by atoms with Crippen LogP contribution in [0.5, 0.6) is 11.5 Å². The van der Waals surface area contributed by atoms with Gasteiger partial charge < -0.3 is 19.3 Å². The molecular formula is C21H23N3O4S2. The van der Waals surface area contributed by atoms with Gasteiger partial charge in [0.2, 0.25) is 6.79 Å². The Kier molecular flexibility index (Phi) is 4.63. The zero-order valence-electron chi connectivity index (χ0n) is 16.9. The van der Waals surface area contributed by atoms with Gasteiger partial charge in [0.15, 0.2) is 21.2 Å². The third kappa shape index (κ3) is 2.66. The first-order valence-corrected chi connectivity index (χ1v) is 12.4. The minimum absolute atomic E-state index is 0.0229. The van der Waals surface area contributed by atoms with Crippen molar-refractivity contribution < 1.29 is 19.1 Å². The highest BCUT2D eigenvalue weighted by Gasteiger charge is 2.70. The molecule has 30 heavy (non-hydrogen) atoms. The number of hydrogen-bond acceptors (Lipinski definition) is 7. The number of carbonyl (C=O) groups is 2. The van der Waals surface area contributed by atoms with Crippen LogP contribution in [0.1, 0.15) is 57.6 Å². The Morgan fingerprint density at radius 2 is 2.00 bits per heavy atom. The molecule has 0 spiro atoms. The quantitative estimate of drug-likeness (QED) is 0.616. The maximum atomic E-state index is 13.9. The molecule has 4 fully saturated rings. The Morgan fingerprint density at radius 3 is 2.70 bits per heavy atom. The zero-order chi connectivity index (χ0) is 21.1. The van der Waals surface area contributed by atoms with E-state index in [0.29, 0.717) is 24.3 Å². The van der Waals surface area contributed by atoms with Gasteiger partial charge in [0.1, 0.15) is 0 Å². The smallest absolute Gasteiger partial charge is 0.261 e. The largest absolute Gasteiger partial charge is 0.454 e. The fourth-order valence-electron chi connectivity index (χ4n) is 4.70. The second-order valence-corrected chi connectivity index (χ2v) is 11.0. The lowest BCUT2D eigenvalue weighted by Crippen LogP contribution is -2.77. The molecule has 4 heterocycles. The van der Waals surface area contributed by atoms with Crippen LogP contribution in [0.4, 0.5) is 0 Å². The van der Waals surface area contributed by atoms with Crippen LogP contribution in [0.25, 0.3) is 0 Å². The first-order chi connectivity index (χ1) is 14.5. The minimum atomic E-state index is -1.06. The summed E-state index contributed by atoms with van der Waals surface area (Å²) in [6.45, 7) is 4.08. The Hall–Kier alpha value is -2.05. The van der Waals surface area contributed by atoms with E-state index in [1.807, 2.05) is 36.9 Å². The van der Waals surface area contributed by atoms with E-state index in [1.54, 1.807) is 4.90 Å². The number of piperazine rings is 1. The number of carbonyl (C=O) groups excluding carboxylic acids is 2. The van der Waals surface area contributed by atoms with Gasteiger partial charge in [0, 0.05) is 18.9 Å². The van der Waals surface area contributed by atoms with Crippen molar-refractivity contribution in [2.24, 2.45) is 0 Å². The van der Waals surface area contributed by atoms with E-state index in [9.17, 15) is 14.9 Å². The normalized spacial score (nSPS) is 30.6. The standard InChI is InChI=1S/C21H23N3O4S2/c1-3-15(13-5-8-16-17(11-13)28-12-27-16)24-18(25)20(2)23(14-6-7-14)19(26)21(24,30-29-20)9-4-10-22/h5,8,11,14-15H,3-4,6-7,9,12H2,1-2H3/t15-,20+,21?/m0/s1. The summed E-state index contributed by atoms with van der Waals surface area (Å²) in [5.41, 5.74) is 0.916. The number of amides is 2. The Morgan fingerprint density at radius 1 is 1.23 bits per heavy atom. The summed E-state index contributed by atoms with van der Waals surface area (Å²) in [5, 5.41) is 9.29. The second kappa shape index (κ2) is 6.99. The molecule has 7 nitrogen and oxygen atoms in total. The maximum Gasteiger partial charge on any atom is 0.261 e. The summed E-state index contributed by atoms with van der Waals surface area (Å²) in [6.07, 6.45) is 3.07. The second-order valence-electron chi connectivity index (χ2n) is 8.21. The molecular weight excluding hydrogens is 422 g/mol. The van der Waals surface area contributed by atoms with E-state index in [0.717, 1.165) is 18.4 Å². The van der Waals surface area contributed by atoms with Crippen molar-refractivity contribution in [3.8, 4) is 17.6 Å². The van der Waals surface area contributed by atoms with Crippen LogP contribution >= 0.6 is 21.6 Å². The van der Waals surface area contributed by atoms with E-state index in [1.165, 1.54) is 21.6 Å². The van der Waals surface area contributed by atoms with Gasteiger partial charge in [-0.25, -0.2) is 0 Å². The molecule has 3 saturated heterocycles. The van der Waals surface area contributed by atoms with Crippen molar-refractivity contribution in [3.05, 3.63) is 23.8 Å². The van der Waals surface area contributed by atoms with E-state index < -0.39 is 9.74 Å². The molecule has 3 atom stereocenters. The van der Waals surface area contributed by atoms with E-state index in [-0.39, 0.29) is 37.1 Å². The first-order valence-electron chi connectivity index (χ1n) is 10.3. The van der Waals surface area contributed by atoms with Crippen molar-refractivity contribution in [1.82, 2.24) is 9.80 Å². The molecule has 5 aliphatic rings. The van der Waals surface area contributed by atoms with Crippen LogP contribution in [0.2, 0.25) is 0 Å². The Bertz CT molecular complexity index is 962. The molecule has 1 unspecified atom stereocenters. The van der Waals surface area contributed by atoms with Gasteiger partial charge >= 0.3 is 0 Å². The molecule has 9 heteroatoms. The van der Waals surface area contributed by atoms with Gasteiger partial charge in [-0.2, -0.15) is 5.26 Å². The van der Waals surface area contributed by atoms with Gasteiger partial charge in [-0.05, 0) is 43.9 Å². The highest BCUT2D eigenvalue weighted by molar-refractivity contribution is 8.78. The Balaban J connectivity index is 1.60. The predicted molar refractivity (Wildman–Crippen MR) is 113 cm³/mol. The highest BCUT2D eigenvalue weighted by Crippen LogP contribution is 2.64. The lowest BCUT2D eigenvalue weighted by Gasteiger charge is -2.61. The molecule has 0 N–H and O–H groups in total. The topological polar surface area (TPSA) is 82.9 Å². The van der Waals surface area contributed by atoms with Gasteiger partial charge in [0.25, 0.3) is 11.8 Å². The van der Waals surface area contributed by atoms with Crippen molar-refractivity contribution in [2.75, 3.05) is 6.79 Å². The SMILES string of the molecule is CC[C@@H](c1ccc2c(c1)OCO2)N1C(=O)[C@@]2(C)SSC1(CCC#N)C(=O)N2C1CC1. The van der Waals surface area contributed by atoms with Gasteiger partial charge in [-0.3, -0.25) is 9.59 Å². The molecule has 4 aliphatic heterocycles. The van der Waals surface area contributed by atoms with Crippen LogP contribution in [0.3, 0.4) is 0 Å². The number of rotatable bonds is 6. The number of nitrogens with zero attached hydrogens (tertiary/aromatic N) is 3. The summed E-state index contributed by atoms with van der Waals surface area (Å²) < 4.78 is 11.0. The average molecular weight is 446 g/mol. The minimum Gasteiger partial charge on any atom is -0.454 e. The predicted octanol–water partition coefficient (Wildman–Crippen LogP) is 3.81. The van der Waals surface area contributed by atoms with E-state index in [2.05, 4.69) is 6.07 Å². The number of benzene rings is 1. The van der Waals surface area contributed by atoms with Crippen LogP contribution < -0.4 is 9.47 Å². The number of fused-ring (bicyclic) bond motifs is 4. The average Bonchev–Trinajstić information content (AvgIpc) is 3.46. The van der Waals surface area contributed by atoms with Crippen LogP contribution in [0.15, 0.2) is 18.2 Å². The summed E-state index contributed by atoms with van der Waals surface area (Å²) in [6, 6.07) is 7.74. The summed E-state index contributed by atoms with van der Waals surface area (Å²) in [4.78, 5) is 29.4. The van der Waals surface area contributed by atoms with Crippen LogP contribution in [-0.2, 0) is 9.59 Å². The third-order valence-electron chi connectivity index (χ3n) is 6.33. The lowest BCUT2D eigenvalue weighted by atomic mass is 9.92. The molecule has 2 amide bonds. The van der Waals surface area contributed by atoms with Crippen molar-refractivity contribution in [2.45, 2.75) is 67.8 Å². The monoisotopic (exact) mass is 445 g/mol. The Labute approximate surface area is 183 Å². The fourth-order valence-corrected chi connectivity index (χ4v) is 8.19. The van der Waals surface area contributed by atoms with E-state index in [4.69, 9.17) is 9.47 Å². The summed E-state index contributed by atoms with van der Waals surface area (Å²) in [7, 11) is 2.93. The third-order valence-corrected chi connectivity index (χ3v) is 10.0. The van der Waals surface area contributed by atoms with Crippen LogP contribution in [0, 0.1) is 11.3 Å². The molecule has 0 aromatic heterocycles. The van der Waals surface area contributed by atoms with E-state index >= 15 is 0 Å². The lowest BCUT2D eigenvalue weighted by molar-refractivity contribution is -0.171. The van der Waals surface area contributed by atoms with Crippen molar-refractivity contribution in [1.29, 1.82) is 5.26 Å². The first kappa shape index (κ1) is 19.9. The highest BCUT2D eigenvalue weighted by atomic mass is 33.1. The van der Waals surface area contributed by atoms with Crippen LogP contribution in [-0.4, -0.2) is 44.2 Å². The zero-order valence-corrected chi connectivity index (χ0v) is 18.6. The molecule has 1 saturated carbocycles. The molecule has 1 aromatic carbocycles. The molecule has 2 bridgehead atoms. The molecule has 1 aromatic rings. The molecule has 0 radical (unpaired) electrons. The molecule has 1 aliphatic carbocycles. The molecule has 158 valence electrons. The van der Waals surface area contributed by atoms with Gasteiger partial charge in [-0.15, -0.1) is 0 Å². The van der Waals surface area contributed by atoms with Gasteiger partial charge in [-0.1, -0.05) is 34.6 Å². The number of nitriles is 1. The summed E-state index contributed by atoms with van der Waals surface area (Å²) in [5.74, 6) is 1.28. The van der Waals surface area contributed by atoms with Crippen molar-refractivity contribution >= 4 is 33.4 Å². The molecule has 6 rings (SSSR count).